The van der Waals surface area contributed by atoms with Crippen LogP contribution in [0.25, 0.3) is 0 Å². The zero-order valence-electron chi connectivity index (χ0n) is 21.5. The number of nitrogens with zero attached hydrogens (tertiary/aromatic N) is 2. The maximum absolute atomic E-state index is 12.3. The summed E-state index contributed by atoms with van der Waals surface area (Å²) in [5.41, 5.74) is 0.0448. The van der Waals surface area contributed by atoms with E-state index in [0.717, 1.165) is 5.56 Å². The number of hydrogen-bond donors (Lipinski definition) is 0. The summed E-state index contributed by atoms with van der Waals surface area (Å²) in [6, 6.07) is 12.8. The smallest absolute Gasteiger partial charge is 0.345 e. The Morgan fingerprint density at radius 1 is 0.730 bits per heavy atom. The van der Waals surface area contributed by atoms with Gasteiger partial charge in [-0.05, 0) is 59.2 Å². The summed E-state index contributed by atoms with van der Waals surface area (Å²) in [5, 5.41) is 0.362. The van der Waals surface area contributed by atoms with E-state index in [-0.39, 0.29) is 26.5 Å². The van der Waals surface area contributed by atoms with E-state index < -0.39 is 23.1 Å². The first-order valence-electron chi connectivity index (χ1n) is 11.3. The number of hydrogen-bond acceptors (Lipinski definition) is 7. The summed E-state index contributed by atoms with van der Waals surface area (Å²) >= 11 is 17.6. The van der Waals surface area contributed by atoms with Gasteiger partial charge in [0, 0.05) is 12.4 Å². The van der Waals surface area contributed by atoms with Gasteiger partial charge in [-0.15, -0.1) is 0 Å². The molecule has 37 heavy (non-hydrogen) atoms. The Bertz CT molecular complexity index is 1200. The summed E-state index contributed by atoms with van der Waals surface area (Å²) < 4.78 is 16.2. The van der Waals surface area contributed by atoms with Crippen LogP contribution in [-0.2, 0) is 16.1 Å². The van der Waals surface area contributed by atoms with Gasteiger partial charge in [0.2, 0.25) is 0 Å². The zero-order chi connectivity index (χ0) is 27.8. The maximum atomic E-state index is 12.3. The van der Waals surface area contributed by atoms with Gasteiger partial charge >= 0.3 is 11.9 Å². The van der Waals surface area contributed by atoms with Gasteiger partial charge in [-0.2, -0.15) is 0 Å². The second kappa shape index (κ2) is 13.1. The lowest BCUT2D eigenvalue weighted by Crippen LogP contribution is -2.24. The Morgan fingerprint density at radius 2 is 1.22 bits per heavy atom. The van der Waals surface area contributed by atoms with Crippen LogP contribution in [0.1, 0.15) is 67.8 Å². The van der Waals surface area contributed by atoms with Crippen LogP contribution in [-0.4, -0.2) is 33.1 Å². The van der Waals surface area contributed by atoms with Crippen molar-refractivity contribution < 1.29 is 23.8 Å². The summed E-state index contributed by atoms with van der Waals surface area (Å²) in [6.07, 6.45) is 2.93. The summed E-state index contributed by atoms with van der Waals surface area (Å²) in [4.78, 5) is 31.7. The molecular formula is C27H29Cl3N2O5. The van der Waals surface area contributed by atoms with Crippen molar-refractivity contribution in [2.45, 2.75) is 59.4 Å². The molecule has 3 aromatic rings. The molecule has 1 aromatic carbocycles. The molecule has 0 N–H and O–H groups in total. The van der Waals surface area contributed by atoms with E-state index >= 15 is 0 Å². The molecule has 0 spiro atoms. The minimum atomic E-state index is -0.618. The Labute approximate surface area is 232 Å². The van der Waals surface area contributed by atoms with E-state index in [1.54, 1.807) is 47.6 Å². The molecule has 0 unspecified atom stereocenters. The third kappa shape index (κ3) is 10.2. The lowest BCUT2D eigenvalue weighted by Gasteiger charge is -2.20. The second-order valence-corrected chi connectivity index (χ2v) is 10.8. The molecule has 198 valence electrons. The Kier molecular flexibility index (Phi) is 10.7. The third-order valence-corrected chi connectivity index (χ3v) is 5.05. The van der Waals surface area contributed by atoms with Crippen molar-refractivity contribution >= 4 is 46.7 Å². The van der Waals surface area contributed by atoms with Gasteiger partial charge in [0.1, 0.15) is 45.0 Å². The van der Waals surface area contributed by atoms with Crippen LogP contribution in [0, 0.1) is 0 Å². The predicted molar refractivity (Wildman–Crippen MR) is 145 cm³/mol. The first kappa shape index (κ1) is 30.4. The fourth-order valence-electron chi connectivity index (χ4n) is 2.71. The first-order chi connectivity index (χ1) is 17.2. The molecule has 0 saturated carbocycles. The standard InChI is InChI=1S/C17H18ClNO3.C10H11Cl2NO2/c1-17(2,3)22-16(20)14-13(9-10-19-15(14)18)21-11-12-7-5-4-6-8-12;1-10(2,3)15-9(14)7-6(11)4-5-13-8(7)12/h4-10H,11H2,1-3H3;4-5H,1-3H3. The number of benzene rings is 1. The molecule has 0 aliphatic rings. The van der Waals surface area contributed by atoms with Crippen LogP contribution in [0.5, 0.6) is 5.75 Å². The first-order valence-corrected chi connectivity index (χ1v) is 12.4. The van der Waals surface area contributed by atoms with Gasteiger partial charge in [-0.25, -0.2) is 19.6 Å². The molecule has 0 fully saturated rings. The lowest BCUT2D eigenvalue weighted by molar-refractivity contribution is 0.00543. The van der Waals surface area contributed by atoms with E-state index in [2.05, 4.69) is 9.97 Å². The molecule has 3 rings (SSSR count). The summed E-state index contributed by atoms with van der Waals surface area (Å²) in [5.74, 6) is -0.752. The van der Waals surface area contributed by atoms with Gasteiger partial charge in [-0.3, -0.25) is 0 Å². The predicted octanol–water partition coefficient (Wildman–Crippen LogP) is 7.61. The zero-order valence-corrected chi connectivity index (χ0v) is 23.7. The Balaban J connectivity index is 0.000000281. The number of carbonyl (C=O) groups is 2. The van der Waals surface area contributed by atoms with E-state index in [1.807, 2.05) is 30.3 Å². The van der Waals surface area contributed by atoms with Crippen molar-refractivity contribution in [2.75, 3.05) is 0 Å². The van der Waals surface area contributed by atoms with Crippen LogP contribution >= 0.6 is 34.8 Å². The number of carbonyl (C=O) groups excluding carboxylic acids is 2. The topological polar surface area (TPSA) is 87.6 Å². The van der Waals surface area contributed by atoms with Crippen molar-refractivity contribution in [3.8, 4) is 5.75 Å². The Morgan fingerprint density at radius 3 is 1.73 bits per heavy atom. The van der Waals surface area contributed by atoms with E-state index in [4.69, 9.17) is 49.0 Å². The highest BCUT2D eigenvalue weighted by atomic mass is 35.5. The number of halogens is 3. The molecule has 0 atom stereocenters. The quantitative estimate of drug-likeness (QED) is 0.231. The SMILES string of the molecule is CC(C)(C)OC(=O)c1c(Cl)ccnc1Cl.CC(C)(C)OC(=O)c1c(OCc2ccccc2)ccnc1Cl. The molecule has 0 saturated heterocycles. The molecule has 10 heteroatoms. The van der Waals surface area contributed by atoms with Gasteiger partial charge in [0.25, 0.3) is 0 Å². The van der Waals surface area contributed by atoms with Crippen molar-refractivity contribution in [3.63, 3.8) is 0 Å². The van der Waals surface area contributed by atoms with E-state index in [0.29, 0.717) is 12.4 Å². The number of pyridine rings is 2. The van der Waals surface area contributed by atoms with Crippen LogP contribution in [0.2, 0.25) is 15.3 Å². The van der Waals surface area contributed by atoms with Crippen LogP contribution < -0.4 is 4.74 Å². The van der Waals surface area contributed by atoms with Crippen molar-refractivity contribution in [1.29, 1.82) is 0 Å². The molecular weight excluding hydrogens is 539 g/mol. The normalized spacial score (nSPS) is 11.2. The van der Waals surface area contributed by atoms with Gasteiger partial charge < -0.3 is 14.2 Å². The molecule has 0 aliphatic heterocycles. The van der Waals surface area contributed by atoms with Crippen LogP contribution in [0.3, 0.4) is 0 Å². The molecule has 7 nitrogen and oxygen atoms in total. The second-order valence-electron chi connectivity index (χ2n) is 9.71. The minimum absolute atomic E-state index is 0.0525. The largest absolute Gasteiger partial charge is 0.488 e. The molecule has 0 bridgehead atoms. The lowest BCUT2D eigenvalue weighted by atomic mass is 10.2. The third-order valence-electron chi connectivity index (χ3n) is 4.16. The average Bonchev–Trinajstić information content (AvgIpc) is 2.76. The molecule has 2 aromatic heterocycles. The highest BCUT2D eigenvalue weighted by molar-refractivity contribution is 6.38. The number of ether oxygens (including phenoxy) is 3. The van der Waals surface area contributed by atoms with Crippen molar-refractivity contribution in [3.05, 3.63) is 86.9 Å². The molecule has 2 heterocycles. The van der Waals surface area contributed by atoms with Gasteiger partial charge in [0.05, 0.1) is 5.02 Å². The van der Waals surface area contributed by atoms with E-state index in [9.17, 15) is 9.59 Å². The average molecular weight is 568 g/mol. The van der Waals surface area contributed by atoms with Gasteiger partial charge in [0.15, 0.2) is 0 Å². The monoisotopic (exact) mass is 566 g/mol. The maximum Gasteiger partial charge on any atom is 0.345 e. The summed E-state index contributed by atoms with van der Waals surface area (Å²) in [7, 11) is 0. The van der Waals surface area contributed by atoms with E-state index in [1.165, 1.54) is 18.5 Å². The highest BCUT2D eigenvalue weighted by Crippen LogP contribution is 2.28. The van der Waals surface area contributed by atoms with Crippen LogP contribution in [0.15, 0.2) is 54.9 Å². The minimum Gasteiger partial charge on any atom is -0.488 e. The van der Waals surface area contributed by atoms with Crippen LogP contribution in [0.4, 0.5) is 0 Å². The number of aromatic nitrogens is 2. The number of rotatable bonds is 5. The molecule has 0 radical (unpaired) electrons. The Hall–Kier alpha value is -2.87. The van der Waals surface area contributed by atoms with Gasteiger partial charge in [-0.1, -0.05) is 65.1 Å². The van der Waals surface area contributed by atoms with Crippen molar-refractivity contribution in [2.24, 2.45) is 0 Å². The molecule has 0 aliphatic carbocycles. The van der Waals surface area contributed by atoms with Crippen molar-refractivity contribution in [1.82, 2.24) is 9.97 Å². The number of esters is 2. The fraction of sp³-hybridized carbons (Fsp3) is 0.333. The summed E-state index contributed by atoms with van der Waals surface area (Å²) in [6.45, 7) is 11.0. The highest BCUT2D eigenvalue weighted by Gasteiger charge is 2.25. The molecule has 0 amide bonds. The fourth-order valence-corrected chi connectivity index (χ4v) is 3.45.